The summed E-state index contributed by atoms with van der Waals surface area (Å²) in [6, 6.07) is 6.42. The number of nitrogens with one attached hydrogen (secondary N) is 2. The fraction of sp³-hybridized carbons (Fsp3) is 0.143. The molecule has 0 saturated carbocycles. The third-order valence-corrected chi connectivity index (χ3v) is 3.21. The van der Waals surface area contributed by atoms with Crippen LogP contribution in [-0.2, 0) is 0 Å². The van der Waals surface area contributed by atoms with E-state index in [4.69, 9.17) is 11.6 Å². The molecule has 1 aromatic heterocycles. The highest BCUT2D eigenvalue weighted by molar-refractivity contribution is 6.31. The molecule has 4 nitrogen and oxygen atoms in total. The number of pyridine rings is 1. The summed E-state index contributed by atoms with van der Waals surface area (Å²) in [5, 5.41) is 5.72. The van der Waals surface area contributed by atoms with Crippen molar-refractivity contribution in [2.45, 2.75) is 6.92 Å². The number of rotatable bonds is 3. The van der Waals surface area contributed by atoms with Gasteiger partial charge in [0.25, 0.3) is 5.91 Å². The van der Waals surface area contributed by atoms with Gasteiger partial charge in [-0.2, -0.15) is 0 Å². The first-order valence-corrected chi connectivity index (χ1v) is 6.30. The van der Waals surface area contributed by atoms with Gasteiger partial charge in [-0.25, -0.2) is 9.37 Å². The number of aryl methyl sites for hydroxylation is 1. The van der Waals surface area contributed by atoms with Crippen LogP contribution in [0.2, 0.25) is 5.02 Å². The molecule has 0 fully saturated rings. The maximum atomic E-state index is 14.0. The van der Waals surface area contributed by atoms with E-state index in [1.54, 1.807) is 18.2 Å². The smallest absolute Gasteiger partial charge is 0.258 e. The highest BCUT2D eigenvalue weighted by Crippen LogP contribution is 2.21. The SMILES string of the molecule is CNc1nccc(C(=O)Nc2ccc(C)c(Cl)c2)c1F. The third kappa shape index (κ3) is 2.88. The van der Waals surface area contributed by atoms with Crippen LogP contribution in [-0.4, -0.2) is 17.9 Å². The van der Waals surface area contributed by atoms with Crippen LogP contribution in [0.4, 0.5) is 15.9 Å². The van der Waals surface area contributed by atoms with E-state index in [0.717, 1.165) is 5.56 Å². The van der Waals surface area contributed by atoms with Crippen molar-refractivity contribution in [1.82, 2.24) is 4.98 Å². The molecule has 2 N–H and O–H groups in total. The first-order chi connectivity index (χ1) is 9.52. The highest BCUT2D eigenvalue weighted by atomic mass is 35.5. The van der Waals surface area contributed by atoms with E-state index in [1.165, 1.54) is 19.3 Å². The van der Waals surface area contributed by atoms with Crippen LogP contribution in [0.1, 0.15) is 15.9 Å². The summed E-state index contributed by atoms with van der Waals surface area (Å²) in [6.45, 7) is 1.86. The maximum Gasteiger partial charge on any atom is 0.258 e. The molecule has 0 bridgehead atoms. The zero-order chi connectivity index (χ0) is 14.7. The molecule has 2 rings (SSSR count). The van der Waals surface area contributed by atoms with Crippen molar-refractivity contribution in [3.63, 3.8) is 0 Å². The number of hydrogen-bond acceptors (Lipinski definition) is 3. The van der Waals surface area contributed by atoms with Crippen LogP contribution in [0, 0.1) is 12.7 Å². The lowest BCUT2D eigenvalue weighted by molar-refractivity contribution is 0.102. The highest BCUT2D eigenvalue weighted by Gasteiger charge is 2.15. The molecule has 1 heterocycles. The number of halogens is 2. The Morgan fingerprint density at radius 2 is 2.10 bits per heavy atom. The van der Waals surface area contributed by atoms with Gasteiger partial charge in [-0.1, -0.05) is 17.7 Å². The first kappa shape index (κ1) is 14.3. The van der Waals surface area contributed by atoms with E-state index >= 15 is 0 Å². The van der Waals surface area contributed by atoms with Gasteiger partial charge in [-0.3, -0.25) is 4.79 Å². The standard InChI is InChI=1S/C14H13ClFN3O/c1-8-3-4-9(7-11(8)15)19-14(20)10-5-6-18-13(17-2)12(10)16/h3-7H,1-2H3,(H,17,18)(H,19,20). The molecule has 1 amide bonds. The minimum Gasteiger partial charge on any atom is -0.371 e. The van der Waals surface area contributed by atoms with Gasteiger partial charge in [0.05, 0.1) is 5.56 Å². The van der Waals surface area contributed by atoms with E-state index in [1.807, 2.05) is 6.92 Å². The van der Waals surface area contributed by atoms with Gasteiger partial charge < -0.3 is 10.6 Å². The topological polar surface area (TPSA) is 54.0 Å². The molecule has 0 radical (unpaired) electrons. The Morgan fingerprint density at radius 1 is 1.35 bits per heavy atom. The minimum absolute atomic E-state index is 0.0274. The normalized spacial score (nSPS) is 10.2. The summed E-state index contributed by atoms with van der Waals surface area (Å²) in [4.78, 5) is 15.8. The van der Waals surface area contributed by atoms with Gasteiger partial charge >= 0.3 is 0 Å². The number of aromatic nitrogens is 1. The second-order valence-electron chi connectivity index (χ2n) is 4.19. The lowest BCUT2D eigenvalue weighted by Gasteiger charge is -2.09. The molecule has 0 atom stereocenters. The maximum absolute atomic E-state index is 14.0. The van der Waals surface area contributed by atoms with E-state index < -0.39 is 11.7 Å². The summed E-state index contributed by atoms with van der Waals surface area (Å²) in [5.74, 6) is -1.22. The number of amides is 1. The first-order valence-electron chi connectivity index (χ1n) is 5.92. The van der Waals surface area contributed by atoms with Gasteiger partial charge in [-0.15, -0.1) is 0 Å². The van der Waals surface area contributed by atoms with Crippen LogP contribution in [0.25, 0.3) is 0 Å². The van der Waals surface area contributed by atoms with Crippen molar-refractivity contribution in [1.29, 1.82) is 0 Å². The van der Waals surface area contributed by atoms with Crippen molar-refractivity contribution >= 4 is 29.0 Å². The van der Waals surface area contributed by atoms with Gasteiger partial charge in [0.2, 0.25) is 0 Å². The monoisotopic (exact) mass is 293 g/mol. The molecule has 0 saturated heterocycles. The molecule has 6 heteroatoms. The fourth-order valence-electron chi connectivity index (χ4n) is 1.66. The van der Waals surface area contributed by atoms with Crippen molar-refractivity contribution in [2.24, 2.45) is 0 Å². The predicted molar refractivity (Wildman–Crippen MR) is 77.9 cm³/mol. The third-order valence-electron chi connectivity index (χ3n) is 2.80. The lowest BCUT2D eigenvalue weighted by atomic mass is 10.2. The largest absolute Gasteiger partial charge is 0.371 e. The van der Waals surface area contributed by atoms with E-state index in [2.05, 4.69) is 15.6 Å². The zero-order valence-electron chi connectivity index (χ0n) is 11.0. The second-order valence-corrected chi connectivity index (χ2v) is 4.60. The van der Waals surface area contributed by atoms with Gasteiger partial charge in [0.15, 0.2) is 11.6 Å². The number of anilines is 2. The van der Waals surface area contributed by atoms with Crippen LogP contribution in [0.15, 0.2) is 30.5 Å². The van der Waals surface area contributed by atoms with Crippen LogP contribution >= 0.6 is 11.6 Å². The van der Waals surface area contributed by atoms with E-state index in [0.29, 0.717) is 10.7 Å². The van der Waals surface area contributed by atoms with E-state index in [9.17, 15) is 9.18 Å². The number of benzene rings is 1. The predicted octanol–water partition coefficient (Wildman–Crippen LogP) is 3.48. The average molecular weight is 294 g/mol. The molecule has 20 heavy (non-hydrogen) atoms. The number of carbonyl (C=O) groups is 1. The zero-order valence-corrected chi connectivity index (χ0v) is 11.8. The molecule has 0 aliphatic carbocycles. The molecule has 1 aromatic carbocycles. The summed E-state index contributed by atoms with van der Waals surface area (Å²) in [6.07, 6.45) is 1.37. The summed E-state index contributed by atoms with van der Waals surface area (Å²) in [5.41, 5.74) is 1.33. The fourth-order valence-corrected chi connectivity index (χ4v) is 1.84. The van der Waals surface area contributed by atoms with Crippen molar-refractivity contribution < 1.29 is 9.18 Å². The number of nitrogens with zero attached hydrogens (tertiary/aromatic N) is 1. The summed E-state index contributed by atoms with van der Waals surface area (Å²) in [7, 11) is 1.53. The Kier molecular flexibility index (Phi) is 4.20. The Balaban J connectivity index is 2.26. The number of hydrogen-bond donors (Lipinski definition) is 2. The van der Waals surface area contributed by atoms with Crippen molar-refractivity contribution in [2.75, 3.05) is 17.7 Å². The quantitative estimate of drug-likeness (QED) is 0.911. The van der Waals surface area contributed by atoms with Crippen LogP contribution in [0.5, 0.6) is 0 Å². The molecule has 0 aliphatic rings. The Bertz CT molecular complexity index is 661. The molecule has 0 spiro atoms. The molecule has 104 valence electrons. The Hall–Kier alpha value is -2.14. The molecule has 0 unspecified atom stereocenters. The van der Waals surface area contributed by atoms with Gasteiger partial charge in [-0.05, 0) is 30.7 Å². The second kappa shape index (κ2) is 5.88. The molecule has 0 aliphatic heterocycles. The van der Waals surface area contributed by atoms with Crippen LogP contribution < -0.4 is 10.6 Å². The van der Waals surface area contributed by atoms with E-state index in [-0.39, 0.29) is 11.4 Å². The van der Waals surface area contributed by atoms with Crippen LogP contribution in [0.3, 0.4) is 0 Å². The number of carbonyl (C=O) groups excluding carboxylic acids is 1. The average Bonchev–Trinajstić information content (AvgIpc) is 2.43. The van der Waals surface area contributed by atoms with Crippen molar-refractivity contribution in [3.05, 3.63) is 52.4 Å². The molecule has 2 aromatic rings. The lowest BCUT2D eigenvalue weighted by Crippen LogP contribution is -2.15. The Labute approximate surface area is 121 Å². The summed E-state index contributed by atoms with van der Waals surface area (Å²) >= 11 is 5.98. The van der Waals surface area contributed by atoms with Crippen molar-refractivity contribution in [3.8, 4) is 0 Å². The Morgan fingerprint density at radius 3 is 2.75 bits per heavy atom. The van der Waals surface area contributed by atoms with Gasteiger partial charge in [0, 0.05) is 24.0 Å². The molecular formula is C14H13ClFN3O. The van der Waals surface area contributed by atoms with Gasteiger partial charge in [0.1, 0.15) is 0 Å². The summed E-state index contributed by atoms with van der Waals surface area (Å²) < 4.78 is 14.0. The minimum atomic E-state index is -0.689. The molecular weight excluding hydrogens is 281 g/mol.